The summed E-state index contributed by atoms with van der Waals surface area (Å²) in [5, 5.41) is 2.68. The first-order valence-corrected chi connectivity index (χ1v) is 8.48. The van der Waals surface area contributed by atoms with E-state index in [0.717, 1.165) is 11.1 Å². The summed E-state index contributed by atoms with van der Waals surface area (Å²) in [4.78, 5) is 24.1. The summed E-state index contributed by atoms with van der Waals surface area (Å²) < 4.78 is 13.5. The summed E-state index contributed by atoms with van der Waals surface area (Å²) in [6.45, 7) is 3.78. The van der Waals surface area contributed by atoms with Gasteiger partial charge in [0.2, 0.25) is 5.91 Å². The van der Waals surface area contributed by atoms with E-state index >= 15 is 0 Å². The van der Waals surface area contributed by atoms with Crippen molar-refractivity contribution < 1.29 is 14.0 Å². The average molecular weight is 373 g/mol. The number of carbonyl (C=O) groups excluding carboxylic acids is 2. The van der Waals surface area contributed by atoms with Gasteiger partial charge in [-0.25, -0.2) is 4.39 Å². The fourth-order valence-corrected chi connectivity index (χ4v) is 2.46. The number of carbonyl (C=O) groups is 2. The first kappa shape index (κ1) is 19.5. The molecule has 0 unspecified atom stereocenters. The molecule has 0 radical (unpaired) electrons. The topological polar surface area (TPSA) is 70.2 Å². The summed E-state index contributed by atoms with van der Waals surface area (Å²) in [5.41, 5.74) is 7.58. The van der Waals surface area contributed by atoms with Crippen molar-refractivity contribution in [3.8, 4) is 0 Å². The highest BCUT2D eigenvalue weighted by Crippen LogP contribution is 2.14. The molecule has 7 heteroatoms. The molecule has 0 aliphatic carbocycles. The molecule has 0 spiro atoms. The van der Waals surface area contributed by atoms with E-state index in [9.17, 15) is 14.0 Å². The van der Waals surface area contributed by atoms with Crippen LogP contribution in [0.5, 0.6) is 0 Å². The predicted octanol–water partition coefficient (Wildman–Crippen LogP) is 3.42. The van der Waals surface area contributed by atoms with Crippen LogP contribution in [-0.2, 0) is 4.79 Å². The van der Waals surface area contributed by atoms with E-state index in [1.165, 1.54) is 12.1 Å². The SMILES string of the molecule is Cc1ccc(C)c(C(=O)CCC(=O)NNC(=S)Nc2ccccc2F)c1. The van der Waals surface area contributed by atoms with Gasteiger partial charge >= 0.3 is 0 Å². The Morgan fingerprint density at radius 2 is 1.77 bits per heavy atom. The van der Waals surface area contributed by atoms with E-state index in [4.69, 9.17) is 12.2 Å². The number of hydrazine groups is 1. The predicted molar refractivity (Wildman–Crippen MR) is 103 cm³/mol. The smallest absolute Gasteiger partial charge is 0.238 e. The van der Waals surface area contributed by atoms with Gasteiger partial charge in [-0.05, 0) is 49.8 Å². The lowest BCUT2D eigenvalue weighted by molar-refractivity contribution is -0.121. The fraction of sp³-hybridized carbons (Fsp3) is 0.211. The number of halogens is 1. The summed E-state index contributed by atoms with van der Waals surface area (Å²) >= 11 is 4.99. The third kappa shape index (κ3) is 5.63. The Bertz CT molecular complexity index is 839. The Kier molecular flexibility index (Phi) is 6.80. The number of thiocarbonyl (C=S) groups is 1. The minimum absolute atomic E-state index is 0.0154. The highest BCUT2D eigenvalue weighted by Gasteiger charge is 2.12. The van der Waals surface area contributed by atoms with Crippen LogP contribution in [0.2, 0.25) is 0 Å². The molecule has 0 atom stereocenters. The van der Waals surface area contributed by atoms with Crippen molar-refractivity contribution >= 4 is 34.7 Å². The maximum atomic E-state index is 13.5. The van der Waals surface area contributed by atoms with Crippen molar-refractivity contribution in [2.24, 2.45) is 0 Å². The molecule has 0 heterocycles. The number of anilines is 1. The number of hydrogen-bond acceptors (Lipinski definition) is 3. The number of nitrogens with one attached hydrogen (secondary N) is 3. The summed E-state index contributed by atoms with van der Waals surface area (Å²) in [6.07, 6.45) is 0.104. The molecule has 136 valence electrons. The molecule has 0 saturated carbocycles. The van der Waals surface area contributed by atoms with Crippen molar-refractivity contribution in [1.29, 1.82) is 0 Å². The summed E-state index contributed by atoms with van der Waals surface area (Å²) in [7, 11) is 0. The number of amides is 1. The first-order chi connectivity index (χ1) is 12.4. The number of aryl methyl sites for hydroxylation is 2. The molecule has 2 aromatic carbocycles. The fourth-order valence-electron chi connectivity index (χ4n) is 2.30. The third-order valence-corrected chi connectivity index (χ3v) is 3.91. The maximum Gasteiger partial charge on any atom is 0.238 e. The minimum Gasteiger partial charge on any atom is -0.329 e. The number of Topliss-reactive ketones (excluding diaryl/α,β-unsaturated/α-hetero) is 1. The van der Waals surface area contributed by atoms with Gasteiger partial charge in [-0.3, -0.25) is 20.4 Å². The molecule has 0 bridgehead atoms. The normalized spacial score (nSPS) is 10.1. The van der Waals surface area contributed by atoms with Gasteiger partial charge in [0.15, 0.2) is 10.9 Å². The largest absolute Gasteiger partial charge is 0.329 e. The van der Waals surface area contributed by atoms with Crippen LogP contribution in [0.4, 0.5) is 10.1 Å². The second kappa shape index (κ2) is 9.05. The van der Waals surface area contributed by atoms with Gasteiger partial charge in [-0.1, -0.05) is 29.8 Å². The van der Waals surface area contributed by atoms with Crippen molar-refractivity contribution in [1.82, 2.24) is 10.9 Å². The van der Waals surface area contributed by atoms with Crippen molar-refractivity contribution in [3.63, 3.8) is 0 Å². The third-order valence-electron chi connectivity index (χ3n) is 3.71. The second-order valence-electron chi connectivity index (χ2n) is 5.85. The summed E-state index contributed by atoms with van der Waals surface area (Å²) in [6, 6.07) is 11.7. The van der Waals surface area contributed by atoms with Crippen LogP contribution in [0, 0.1) is 19.7 Å². The van der Waals surface area contributed by atoms with Gasteiger partial charge < -0.3 is 5.32 Å². The van der Waals surface area contributed by atoms with E-state index in [2.05, 4.69) is 16.2 Å². The van der Waals surface area contributed by atoms with Crippen LogP contribution < -0.4 is 16.2 Å². The highest BCUT2D eigenvalue weighted by atomic mass is 32.1. The van der Waals surface area contributed by atoms with Crippen LogP contribution >= 0.6 is 12.2 Å². The van der Waals surface area contributed by atoms with Gasteiger partial charge in [0.25, 0.3) is 0 Å². The Morgan fingerprint density at radius 3 is 2.50 bits per heavy atom. The number of benzene rings is 2. The molecule has 1 amide bonds. The average Bonchev–Trinajstić information content (AvgIpc) is 2.62. The lowest BCUT2D eigenvalue weighted by atomic mass is 9.99. The zero-order chi connectivity index (χ0) is 19.1. The molecular formula is C19H20FN3O2S. The lowest BCUT2D eigenvalue weighted by Crippen LogP contribution is -2.43. The molecule has 3 N–H and O–H groups in total. The molecule has 0 aliphatic rings. The Hall–Kier alpha value is -2.80. The molecule has 0 saturated heterocycles. The lowest BCUT2D eigenvalue weighted by Gasteiger charge is -2.12. The minimum atomic E-state index is -0.456. The van der Waals surface area contributed by atoms with Gasteiger partial charge in [0, 0.05) is 18.4 Å². The molecule has 5 nitrogen and oxygen atoms in total. The molecule has 0 fully saturated rings. The Labute approximate surface area is 157 Å². The van der Waals surface area contributed by atoms with Crippen molar-refractivity contribution in [2.75, 3.05) is 5.32 Å². The quantitative estimate of drug-likeness (QED) is 0.426. The number of rotatable bonds is 5. The molecule has 2 aromatic rings. The van der Waals surface area contributed by atoms with E-state index in [-0.39, 0.29) is 35.3 Å². The zero-order valence-corrected chi connectivity index (χ0v) is 15.4. The standard InChI is InChI=1S/C19H20FN3O2S/c1-12-7-8-13(2)14(11-12)17(24)9-10-18(25)22-23-19(26)21-16-6-4-3-5-15(16)20/h3-8,11H,9-10H2,1-2H3,(H,22,25)(H2,21,23,26). The van der Waals surface area contributed by atoms with Gasteiger partial charge in [0.1, 0.15) is 5.82 Å². The number of hydrogen-bond donors (Lipinski definition) is 3. The van der Waals surface area contributed by atoms with E-state index in [1.807, 2.05) is 32.0 Å². The van der Waals surface area contributed by atoms with Crippen LogP contribution in [0.1, 0.15) is 34.3 Å². The Morgan fingerprint density at radius 1 is 1.04 bits per heavy atom. The summed E-state index contributed by atoms with van der Waals surface area (Å²) in [5.74, 6) is -0.933. The van der Waals surface area contributed by atoms with Crippen LogP contribution in [-0.4, -0.2) is 16.8 Å². The maximum absolute atomic E-state index is 13.5. The van der Waals surface area contributed by atoms with Crippen molar-refractivity contribution in [2.45, 2.75) is 26.7 Å². The van der Waals surface area contributed by atoms with Crippen molar-refractivity contribution in [3.05, 3.63) is 65.0 Å². The molecule has 0 aromatic heterocycles. The second-order valence-corrected chi connectivity index (χ2v) is 6.26. The molecular weight excluding hydrogens is 353 g/mol. The van der Waals surface area contributed by atoms with E-state index < -0.39 is 5.82 Å². The van der Waals surface area contributed by atoms with Gasteiger partial charge in [0.05, 0.1) is 5.69 Å². The highest BCUT2D eigenvalue weighted by molar-refractivity contribution is 7.80. The first-order valence-electron chi connectivity index (χ1n) is 8.07. The monoisotopic (exact) mass is 373 g/mol. The van der Waals surface area contributed by atoms with Gasteiger partial charge in [-0.2, -0.15) is 0 Å². The number of ketones is 1. The number of para-hydroxylation sites is 1. The van der Waals surface area contributed by atoms with Gasteiger partial charge in [-0.15, -0.1) is 0 Å². The van der Waals surface area contributed by atoms with Crippen LogP contribution in [0.15, 0.2) is 42.5 Å². The van der Waals surface area contributed by atoms with E-state index in [0.29, 0.717) is 5.56 Å². The van der Waals surface area contributed by atoms with E-state index in [1.54, 1.807) is 12.1 Å². The Balaban J connectivity index is 1.78. The van der Waals surface area contributed by atoms with Crippen LogP contribution in [0.25, 0.3) is 0 Å². The molecule has 0 aliphatic heterocycles. The van der Waals surface area contributed by atoms with Crippen LogP contribution in [0.3, 0.4) is 0 Å². The zero-order valence-electron chi connectivity index (χ0n) is 14.6. The molecule has 2 rings (SSSR count). The molecule has 26 heavy (non-hydrogen) atoms.